The van der Waals surface area contributed by atoms with Gasteiger partial charge in [0, 0.05) is 17.5 Å². The van der Waals surface area contributed by atoms with Crippen molar-refractivity contribution in [3.63, 3.8) is 0 Å². The van der Waals surface area contributed by atoms with Crippen LogP contribution in [0.15, 0.2) is 0 Å². The Morgan fingerprint density at radius 1 is 1.35 bits per heavy atom. The number of halogens is 1. The summed E-state index contributed by atoms with van der Waals surface area (Å²) in [5.74, 6) is 2.05. The number of hydrogen-bond donors (Lipinski definition) is 1. The molecule has 1 N–H and O–H groups in total. The van der Waals surface area contributed by atoms with Gasteiger partial charge in [-0.3, -0.25) is 5.10 Å². The Balaban J connectivity index is 2.21. The first kappa shape index (κ1) is 12.9. The quantitative estimate of drug-likeness (QED) is 0.789. The molecule has 0 aliphatic heterocycles. The van der Waals surface area contributed by atoms with E-state index in [-0.39, 0.29) is 0 Å². The van der Waals surface area contributed by atoms with Crippen LogP contribution in [0.25, 0.3) is 0 Å². The van der Waals surface area contributed by atoms with Crippen LogP contribution in [0.5, 0.6) is 0 Å². The third kappa shape index (κ3) is 3.04. The van der Waals surface area contributed by atoms with E-state index in [0.717, 1.165) is 12.8 Å². The van der Waals surface area contributed by atoms with Crippen LogP contribution in [-0.4, -0.2) is 16.1 Å². The van der Waals surface area contributed by atoms with Crippen molar-refractivity contribution < 1.29 is 0 Å². The molecule has 0 atom stereocenters. The lowest BCUT2D eigenvalue weighted by Gasteiger charge is -2.10. The van der Waals surface area contributed by atoms with E-state index < -0.39 is 0 Å². The minimum absolute atomic E-state index is 0.668. The van der Waals surface area contributed by atoms with Crippen molar-refractivity contribution in [1.29, 1.82) is 0 Å². The first-order valence-electron chi connectivity index (χ1n) is 6.84. The van der Waals surface area contributed by atoms with Gasteiger partial charge in [-0.25, -0.2) is 0 Å². The highest BCUT2D eigenvalue weighted by atomic mass is 35.5. The summed E-state index contributed by atoms with van der Waals surface area (Å²) in [6.07, 6.45) is 7.38. The summed E-state index contributed by atoms with van der Waals surface area (Å²) in [6, 6.07) is 0. The first-order chi connectivity index (χ1) is 8.22. The average molecular weight is 255 g/mol. The molecule has 0 saturated heterocycles. The minimum atomic E-state index is 0.668. The van der Waals surface area contributed by atoms with Crippen molar-refractivity contribution >= 4 is 11.6 Å². The van der Waals surface area contributed by atoms with Crippen LogP contribution in [-0.2, 0) is 12.8 Å². The fourth-order valence-corrected chi connectivity index (χ4v) is 3.09. The van der Waals surface area contributed by atoms with Gasteiger partial charge in [-0.1, -0.05) is 26.7 Å². The molecule has 1 aliphatic rings. The van der Waals surface area contributed by atoms with E-state index >= 15 is 0 Å². The summed E-state index contributed by atoms with van der Waals surface area (Å²) in [6.45, 7) is 4.50. The Kier molecular flexibility index (Phi) is 4.49. The lowest BCUT2D eigenvalue weighted by atomic mass is 9.95. The third-order valence-electron chi connectivity index (χ3n) is 3.68. The number of hydrogen-bond acceptors (Lipinski definition) is 1. The molecule has 2 nitrogen and oxygen atoms in total. The molecule has 0 bridgehead atoms. The average Bonchev–Trinajstić information content (AvgIpc) is 2.88. The lowest BCUT2D eigenvalue weighted by Crippen LogP contribution is -2.03. The second-order valence-corrected chi connectivity index (χ2v) is 5.96. The molecule has 17 heavy (non-hydrogen) atoms. The van der Waals surface area contributed by atoms with E-state index in [9.17, 15) is 0 Å². The summed E-state index contributed by atoms with van der Waals surface area (Å²) >= 11 is 5.94. The Labute approximate surface area is 109 Å². The number of aromatic nitrogens is 2. The maximum atomic E-state index is 5.94. The second-order valence-electron chi connectivity index (χ2n) is 5.58. The van der Waals surface area contributed by atoms with Crippen LogP contribution in [0, 0.1) is 5.92 Å². The van der Waals surface area contributed by atoms with E-state index in [1.807, 2.05) is 0 Å². The zero-order valence-electron chi connectivity index (χ0n) is 10.9. The number of nitrogens with one attached hydrogen (secondary N) is 1. The lowest BCUT2D eigenvalue weighted by molar-refractivity contribution is 0.630. The van der Waals surface area contributed by atoms with Crippen molar-refractivity contribution in [3.8, 4) is 0 Å². The third-order valence-corrected chi connectivity index (χ3v) is 3.87. The molecule has 0 spiro atoms. The minimum Gasteiger partial charge on any atom is -0.282 e. The molecule has 2 rings (SSSR count). The highest BCUT2D eigenvalue weighted by Gasteiger charge is 2.24. The molecule has 0 radical (unpaired) electrons. The predicted molar refractivity (Wildman–Crippen MR) is 72.8 cm³/mol. The van der Waals surface area contributed by atoms with Crippen LogP contribution < -0.4 is 0 Å². The fraction of sp³-hybridized carbons (Fsp3) is 0.786. The second kappa shape index (κ2) is 5.90. The molecule has 3 heteroatoms. The van der Waals surface area contributed by atoms with Gasteiger partial charge in [-0.15, -0.1) is 11.6 Å². The Bertz CT molecular complexity index is 351. The first-order valence-corrected chi connectivity index (χ1v) is 7.37. The SMILES string of the molecule is CC(C)Cc1[nH]nc(C2CCCC2)c1CCCl. The summed E-state index contributed by atoms with van der Waals surface area (Å²) < 4.78 is 0. The molecule has 1 aromatic heterocycles. The fourth-order valence-electron chi connectivity index (χ4n) is 2.90. The number of nitrogens with zero attached hydrogens (tertiary/aromatic N) is 1. The number of H-pyrrole nitrogens is 1. The monoisotopic (exact) mass is 254 g/mol. The Hall–Kier alpha value is -0.500. The van der Waals surface area contributed by atoms with Gasteiger partial charge in [0.25, 0.3) is 0 Å². The zero-order chi connectivity index (χ0) is 12.3. The standard InChI is InChI=1S/C14H23ClN2/c1-10(2)9-13-12(7-8-15)14(17-16-13)11-5-3-4-6-11/h10-11H,3-9H2,1-2H3,(H,16,17). The molecule has 1 fully saturated rings. The van der Waals surface area contributed by atoms with Crippen molar-refractivity contribution in [2.24, 2.45) is 5.92 Å². The van der Waals surface area contributed by atoms with E-state index in [4.69, 9.17) is 11.6 Å². The summed E-state index contributed by atoms with van der Waals surface area (Å²) in [7, 11) is 0. The molecule has 0 aromatic carbocycles. The summed E-state index contributed by atoms with van der Waals surface area (Å²) in [4.78, 5) is 0. The number of alkyl halides is 1. The molecular weight excluding hydrogens is 232 g/mol. The highest BCUT2D eigenvalue weighted by molar-refractivity contribution is 6.18. The van der Waals surface area contributed by atoms with E-state index in [0.29, 0.717) is 17.7 Å². The van der Waals surface area contributed by atoms with Crippen molar-refractivity contribution in [2.75, 3.05) is 5.88 Å². The van der Waals surface area contributed by atoms with Gasteiger partial charge in [0.05, 0.1) is 5.69 Å². The van der Waals surface area contributed by atoms with Gasteiger partial charge in [0.1, 0.15) is 0 Å². The topological polar surface area (TPSA) is 28.7 Å². The zero-order valence-corrected chi connectivity index (χ0v) is 11.7. The molecule has 1 aliphatic carbocycles. The van der Waals surface area contributed by atoms with Gasteiger partial charge in [0.2, 0.25) is 0 Å². The molecule has 96 valence electrons. The molecule has 1 aromatic rings. The molecule has 0 amide bonds. The van der Waals surface area contributed by atoms with Crippen LogP contribution in [0.2, 0.25) is 0 Å². The van der Waals surface area contributed by atoms with Crippen molar-refractivity contribution in [2.45, 2.75) is 58.3 Å². The van der Waals surface area contributed by atoms with E-state index in [1.54, 1.807) is 0 Å². The van der Waals surface area contributed by atoms with Crippen LogP contribution >= 0.6 is 11.6 Å². The van der Waals surface area contributed by atoms with Crippen LogP contribution in [0.1, 0.15) is 62.4 Å². The van der Waals surface area contributed by atoms with Gasteiger partial charge in [0.15, 0.2) is 0 Å². The maximum absolute atomic E-state index is 5.94. The normalized spacial score (nSPS) is 17.2. The number of aromatic amines is 1. The molecule has 0 unspecified atom stereocenters. The van der Waals surface area contributed by atoms with Gasteiger partial charge < -0.3 is 0 Å². The maximum Gasteiger partial charge on any atom is 0.0688 e. The van der Waals surface area contributed by atoms with Gasteiger partial charge in [-0.05, 0) is 37.2 Å². The van der Waals surface area contributed by atoms with E-state index in [2.05, 4.69) is 24.0 Å². The Morgan fingerprint density at radius 3 is 2.65 bits per heavy atom. The van der Waals surface area contributed by atoms with Crippen molar-refractivity contribution in [1.82, 2.24) is 10.2 Å². The van der Waals surface area contributed by atoms with Gasteiger partial charge >= 0.3 is 0 Å². The van der Waals surface area contributed by atoms with Crippen molar-refractivity contribution in [3.05, 3.63) is 17.0 Å². The van der Waals surface area contributed by atoms with Crippen LogP contribution in [0.4, 0.5) is 0 Å². The highest BCUT2D eigenvalue weighted by Crippen LogP contribution is 2.36. The predicted octanol–water partition coefficient (Wildman–Crippen LogP) is 4.05. The van der Waals surface area contributed by atoms with Crippen LogP contribution in [0.3, 0.4) is 0 Å². The summed E-state index contributed by atoms with van der Waals surface area (Å²) in [5.41, 5.74) is 4.06. The largest absolute Gasteiger partial charge is 0.282 e. The molecular formula is C14H23ClN2. The number of rotatable bonds is 5. The molecule has 1 heterocycles. The summed E-state index contributed by atoms with van der Waals surface area (Å²) in [5, 5.41) is 7.84. The molecule has 1 saturated carbocycles. The van der Waals surface area contributed by atoms with Gasteiger partial charge in [-0.2, -0.15) is 5.10 Å². The van der Waals surface area contributed by atoms with E-state index in [1.165, 1.54) is 42.6 Å². The smallest absolute Gasteiger partial charge is 0.0688 e. The Morgan fingerprint density at radius 2 is 2.06 bits per heavy atom.